The number of rotatable bonds is 4. The molecule has 2 rings (SSSR count). The highest BCUT2D eigenvalue weighted by molar-refractivity contribution is 5.33. The fourth-order valence-corrected chi connectivity index (χ4v) is 1.89. The van der Waals surface area contributed by atoms with Crippen LogP contribution in [0, 0.1) is 0 Å². The van der Waals surface area contributed by atoms with Crippen molar-refractivity contribution in [1.82, 2.24) is 9.78 Å². The predicted octanol–water partition coefficient (Wildman–Crippen LogP) is 2.88. The number of hydrogen-bond acceptors (Lipinski definition) is 3. The molecule has 4 nitrogen and oxygen atoms in total. The molecule has 20 heavy (non-hydrogen) atoms. The van der Waals surface area contributed by atoms with Gasteiger partial charge in [0, 0.05) is 12.7 Å². The molecule has 0 bridgehead atoms. The average molecular weight is 286 g/mol. The molecule has 1 atom stereocenters. The zero-order valence-corrected chi connectivity index (χ0v) is 10.6. The van der Waals surface area contributed by atoms with Crippen LogP contribution in [0.5, 0.6) is 5.75 Å². The number of alkyl halides is 3. The summed E-state index contributed by atoms with van der Waals surface area (Å²) >= 11 is 0. The van der Waals surface area contributed by atoms with E-state index >= 15 is 0 Å². The van der Waals surface area contributed by atoms with E-state index in [0.29, 0.717) is 17.8 Å². The second-order valence-corrected chi connectivity index (χ2v) is 4.09. The molecule has 0 radical (unpaired) electrons. The van der Waals surface area contributed by atoms with E-state index in [9.17, 15) is 18.3 Å². The first kappa shape index (κ1) is 14.4. The van der Waals surface area contributed by atoms with Crippen molar-refractivity contribution in [3.63, 3.8) is 0 Å². The molecule has 0 aliphatic rings. The Morgan fingerprint density at radius 3 is 2.75 bits per heavy atom. The third-order valence-corrected chi connectivity index (χ3v) is 2.74. The van der Waals surface area contributed by atoms with Crippen LogP contribution in [0.1, 0.15) is 24.3 Å². The number of hydrogen-bond donors (Lipinski definition) is 1. The molecule has 0 fully saturated rings. The minimum Gasteiger partial charge on any atom is -0.406 e. The van der Waals surface area contributed by atoms with E-state index in [4.69, 9.17) is 0 Å². The first-order valence-corrected chi connectivity index (χ1v) is 5.96. The summed E-state index contributed by atoms with van der Waals surface area (Å²) < 4.78 is 41.9. The highest BCUT2D eigenvalue weighted by Gasteiger charge is 2.31. The molecule has 1 aromatic heterocycles. The lowest BCUT2D eigenvalue weighted by molar-refractivity contribution is -0.274. The van der Waals surface area contributed by atoms with Gasteiger partial charge in [-0.3, -0.25) is 4.68 Å². The maximum absolute atomic E-state index is 12.2. The van der Waals surface area contributed by atoms with E-state index in [1.54, 1.807) is 10.7 Å². The summed E-state index contributed by atoms with van der Waals surface area (Å²) in [6.45, 7) is 2.41. The van der Waals surface area contributed by atoms with Crippen molar-refractivity contribution in [3.05, 3.63) is 47.8 Å². The largest absolute Gasteiger partial charge is 0.573 e. The first-order valence-electron chi connectivity index (χ1n) is 5.96. The number of ether oxygens (including phenoxy) is 1. The summed E-state index contributed by atoms with van der Waals surface area (Å²) in [6, 6.07) is 6.88. The van der Waals surface area contributed by atoms with E-state index in [1.807, 2.05) is 6.92 Å². The Morgan fingerprint density at radius 1 is 1.35 bits per heavy atom. The van der Waals surface area contributed by atoms with Gasteiger partial charge in [0.1, 0.15) is 11.9 Å². The number of aliphatic hydroxyl groups is 1. The van der Waals surface area contributed by atoms with Crippen LogP contribution in [-0.2, 0) is 6.54 Å². The van der Waals surface area contributed by atoms with E-state index in [2.05, 4.69) is 9.84 Å². The lowest BCUT2D eigenvalue weighted by atomic mass is 10.1. The number of nitrogens with zero attached hydrogens (tertiary/aromatic N) is 2. The monoisotopic (exact) mass is 286 g/mol. The van der Waals surface area contributed by atoms with Crippen LogP contribution in [0.15, 0.2) is 36.5 Å². The van der Waals surface area contributed by atoms with Gasteiger partial charge in [0.05, 0.1) is 5.69 Å². The van der Waals surface area contributed by atoms with Crippen LogP contribution in [0.4, 0.5) is 13.2 Å². The Hall–Kier alpha value is -2.02. The summed E-state index contributed by atoms with van der Waals surface area (Å²) in [5, 5.41) is 14.2. The topological polar surface area (TPSA) is 47.3 Å². The summed E-state index contributed by atoms with van der Waals surface area (Å²) in [6.07, 6.45) is -4.29. The van der Waals surface area contributed by atoms with Gasteiger partial charge in [0.15, 0.2) is 0 Å². The van der Waals surface area contributed by atoms with E-state index < -0.39 is 12.5 Å². The van der Waals surface area contributed by atoms with Crippen LogP contribution >= 0.6 is 0 Å². The summed E-state index contributed by atoms with van der Waals surface area (Å²) in [5.74, 6) is -0.364. The van der Waals surface area contributed by atoms with Gasteiger partial charge in [-0.05, 0) is 30.7 Å². The SMILES string of the molecule is CCn1nccc1C(O)c1cccc(OC(F)(F)F)c1. The molecular weight excluding hydrogens is 273 g/mol. The number of aryl methyl sites for hydroxylation is 1. The van der Waals surface area contributed by atoms with Gasteiger partial charge in [0.25, 0.3) is 0 Å². The predicted molar refractivity (Wildman–Crippen MR) is 65.1 cm³/mol. The van der Waals surface area contributed by atoms with Gasteiger partial charge >= 0.3 is 6.36 Å². The maximum Gasteiger partial charge on any atom is 0.573 e. The molecule has 1 aromatic carbocycles. The van der Waals surface area contributed by atoms with Crippen LogP contribution in [0.2, 0.25) is 0 Å². The van der Waals surface area contributed by atoms with Crippen LogP contribution in [-0.4, -0.2) is 21.2 Å². The number of aliphatic hydroxyl groups excluding tert-OH is 1. The molecule has 0 aliphatic carbocycles. The lowest BCUT2D eigenvalue weighted by Gasteiger charge is -2.15. The van der Waals surface area contributed by atoms with Gasteiger partial charge in [-0.1, -0.05) is 12.1 Å². The molecular formula is C13H13F3N2O2. The molecule has 0 saturated carbocycles. The molecule has 1 heterocycles. The second kappa shape index (κ2) is 5.54. The average Bonchev–Trinajstić information content (AvgIpc) is 2.84. The minimum absolute atomic E-state index is 0.307. The van der Waals surface area contributed by atoms with Crippen LogP contribution in [0.3, 0.4) is 0 Å². The normalized spacial score (nSPS) is 13.2. The van der Waals surface area contributed by atoms with Crippen molar-refractivity contribution >= 4 is 0 Å². The third-order valence-electron chi connectivity index (χ3n) is 2.74. The zero-order valence-electron chi connectivity index (χ0n) is 10.6. The summed E-state index contributed by atoms with van der Waals surface area (Å²) in [7, 11) is 0. The third kappa shape index (κ3) is 3.30. The minimum atomic E-state index is -4.76. The highest BCUT2D eigenvalue weighted by Crippen LogP contribution is 2.28. The fourth-order valence-electron chi connectivity index (χ4n) is 1.89. The Kier molecular flexibility index (Phi) is 3.99. The van der Waals surface area contributed by atoms with Gasteiger partial charge in [0.2, 0.25) is 0 Å². The molecule has 108 valence electrons. The van der Waals surface area contributed by atoms with Crippen molar-refractivity contribution in [2.45, 2.75) is 25.9 Å². The Balaban J connectivity index is 2.27. The number of aromatic nitrogens is 2. The van der Waals surface area contributed by atoms with Gasteiger partial charge < -0.3 is 9.84 Å². The van der Waals surface area contributed by atoms with Gasteiger partial charge in [-0.2, -0.15) is 5.10 Å². The molecule has 2 aromatic rings. The standard InChI is InChI=1S/C13H13F3N2O2/c1-2-18-11(6-7-17-18)12(19)9-4-3-5-10(8-9)20-13(14,15)16/h3-8,12,19H,2H2,1H3. The van der Waals surface area contributed by atoms with Crippen molar-refractivity contribution in [2.75, 3.05) is 0 Å². The fraction of sp³-hybridized carbons (Fsp3) is 0.308. The molecule has 7 heteroatoms. The Morgan fingerprint density at radius 2 is 2.10 bits per heavy atom. The summed E-state index contributed by atoms with van der Waals surface area (Å²) in [5.41, 5.74) is 0.818. The maximum atomic E-state index is 12.2. The molecule has 1 unspecified atom stereocenters. The molecule has 0 spiro atoms. The van der Waals surface area contributed by atoms with E-state index in [-0.39, 0.29) is 5.75 Å². The van der Waals surface area contributed by atoms with Gasteiger partial charge in [-0.15, -0.1) is 13.2 Å². The zero-order chi connectivity index (χ0) is 14.8. The smallest absolute Gasteiger partial charge is 0.406 e. The van der Waals surface area contributed by atoms with Crippen molar-refractivity contribution < 1.29 is 23.0 Å². The molecule has 1 N–H and O–H groups in total. The number of benzene rings is 1. The number of halogens is 3. The second-order valence-electron chi connectivity index (χ2n) is 4.09. The van der Waals surface area contributed by atoms with Crippen molar-refractivity contribution in [2.24, 2.45) is 0 Å². The summed E-state index contributed by atoms with van der Waals surface area (Å²) in [4.78, 5) is 0. The highest BCUT2D eigenvalue weighted by atomic mass is 19.4. The Labute approximate surface area is 113 Å². The van der Waals surface area contributed by atoms with Crippen molar-refractivity contribution in [1.29, 1.82) is 0 Å². The lowest BCUT2D eigenvalue weighted by Crippen LogP contribution is -2.17. The van der Waals surface area contributed by atoms with Crippen LogP contribution in [0.25, 0.3) is 0 Å². The van der Waals surface area contributed by atoms with Crippen molar-refractivity contribution in [3.8, 4) is 5.75 Å². The molecule has 0 amide bonds. The van der Waals surface area contributed by atoms with Gasteiger partial charge in [-0.25, -0.2) is 0 Å². The molecule has 0 aliphatic heterocycles. The van der Waals surface area contributed by atoms with E-state index in [1.165, 1.54) is 24.4 Å². The van der Waals surface area contributed by atoms with E-state index in [0.717, 1.165) is 6.07 Å². The van der Waals surface area contributed by atoms with Crippen LogP contribution < -0.4 is 4.74 Å². The quantitative estimate of drug-likeness (QED) is 0.940. The first-order chi connectivity index (χ1) is 9.40. The Bertz CT molecular complexity index is 581. The molecule has 0 saturated heterocycles.